The van der Waals surface area contributed by atoms with Gasteiger partial charge in [-0.3, -0.25) is 4.79 Å². The molecule has 0 bridgehead atoms. The van der Waals surface area contributed by atoms with E-state index in [-0.39, 0.29) is 10.8 Å². The van der Waals surface area contributed by atoms with Crippen molar-refractivity contribution in [2.75, 3.05) is 0 Å². The van der Waals surface area contributed by atoms with Crippen LogP contribution in [0.4, 0.5) is 0 Å². The van der Waals surface area contributed by atoms with Gasteiger partial charge in [0.05, 0.1) is 0 Å². The molecule has 0 unspecified atom stereocenters. The molecule has 2 aliphatic rings. The molecule has 0 aromatic rings. The van der Waals surface area contributed by atoms with Gasteiger partial charge in [0.2, 0.25) is 0 Å². The number of Topliss-reactive ketones (excluding diaryl/α,β-unsaturated/α-hetero) is 1. The van der Waals surface area contributed by atoms with Crippen LogP contribution in [0.5, 0.6) is 0 Å². The maximum atomic E-state index is 13.6. The third kappa shape index (κ3) is 3.12. The van der Waals surface area contributed by atoms with E-state index in [9.17, 15) is 4.79 Å². The zero-order chi connectivity index (χ0) is 14.5. The maximum absolute atomic E-state index is 13.6. The molecule has 1 heteroatoms. The van der Waals surface area contributed by atoms with Crippen molar-refractivity contribution in [1.29, 1.82) is 0 Å². The van der Waals surface area contributed by atoms with Crippen LogP contribution in [0, 0.1) is 10.8 Å². The fourth-order valence-electron chi connectivity index (χ4n) is 5.16. The summed E-state index contributed by atoms with van der Waals surface area (Å²) in [4.78, 5) is 13.6. The quantitative estimate of drug-likeness (QED) is 0.577. The van der Waals surface area contributed by atoms with E-state index >= 15 is 0 Å². The average molecular weight is 278 g/mol. The molecule has 2 rings (SSSR count). The van der Waals surface area contributed by atoms with Crippen LogP contribution in [0.3, 0.4) is 0 Å². The lowest BCUT2D eigenvalue weighted by molar-refractivity contribution is -0.144. The van der Waals surface area contributed by atoms with Crippen molar-refractivity contribution in [1.82, 2.24) is 0 Å². The molecule has 2 fully saturated rings. The smallest absolute Gasteiger partial charge is 0.145 e. The third-order valence-corrected chi connectivity index (χ3v) is 6.04. The van der Waals surface area contributed by atoms with E-state index in [4.69, 9.17) is 0 Å². The summed E-state index contributed by atoms with van der Waals surface area (Å²) in [6, 6.07) is 0. The summed E-state index contributed by atoms with van der Waals surface area (Å²) in [6.45, 7) is 4.52. The molecule has 2 saturated carbocycles. The molecule has 0 saturated heterocycles. The van der Waals surface area contributed by atoms with E-state index in [1.807, 2.05) is 0 Å². The Morgan fingerprint density at radius 1 is 0.700 bits per heavy atom. The lowest BCUT2D eigenvalue weighted by Gasteiger charge is -2.46. The number of ketones is 1. The Labute approximate surface area is 125 Å². The van der Waals surface area contributed by atoms with Gasteiger partial charge in [-0.2, -0.15) is 0 Å². The molecule has 0 atom stereocenters. The van der Waals surface area contributed by atoms with Crippen molar-refractivity contribution in [3.63, 3.8) is 0 Å². The number of carbonyl (C=O) groups is 1. The van der Waals surface area contributed by atoms with E-state index in [1.54, 1.807) is 0 Å². The summed E-state index contributed by atoms with van der Waals surface area (Å²) >= 11 is 0. The van der Waals surface area contributed by atoms with Gasteiger partial charge < -0.3 is 0 Å². The SMILES string of the molecule is CCCC1(C(=O)C2(CCC)CCCCC2)CCCCC1. The van der Waals surface area contributed by atoms with Crippen LogP contribution in [-0.2, 0) is 4.79 Å². The molecule has 0 radical (unpaired) electrons. The standard InChI is InChI=1S/C19H34O/c1-3-11-18(13-7-5-8-14-18)17(20)19(12-4-2)15-9-6-10-16-19/h3-16H2,1-2H3. The van der Waals surface area contributed by atoms with Crippen molar-refractivity contribution < 1.29 is 4.79 Å². The highest BCUT2D eigenvalue weighted by molar-refractivity contribution is 5.90. The minimum Gasteiger partial charge on any atom is -0.298 e. The van der Waals surface area contributed by atoms with Gasteiger partial charge in [-0.05, 0) is 38.5 Å². The second-order valence-corrected chi connectivity index (χ2v) is 7.51. The van der Waals surface area contributed by atoms with Crippen molar-refractivity contribution >= 4 is 5.78 Å². The highest BCUT2D eigenvalue weighted by Gasteiger charge is 2.49. The molecule has 0 amide bonds. The van der Waals surface area contributed by atoms with Crippen LogP contribution < -0.4 is 0 Å². The number of carbonyl (C=O) groups excluding carboxylic acids is 1. The first-order chi connectivity index (χ1) is 9.69. The molecule has 0 N–H and O–H groups in total. The van der Waals surface area contributed by atoms with E-state index < -0.39 is 0 Å². The second kappa shape index (κ2) is 7.09. The molecule has 0 spiro atoms. The first-order valence-electron chi connectivity index (χ1n) is 9.24. The van der Waals surface area contributed by atoms with Gasteiger partial charge in [0, 0.05) is 10.8 Å². The van der Waals surface area contributed by atoms with Crippen LogP contribution in [0.1, 0.15) is 104 Å². The normalized spacial score (nSPS) is 25.3. The Balaban J connectivity index is 2.22. The van der Waals surface area contributed by atoms with Gasteiger partial charge >= 0.3 is 0 Å². The molecule has 1 nitrogen and oxygen atoms in total. The Kier molecular flexibility index (Phi) is 5.69. The lowest BCUT2D eigenvalue weighted by Crippen LogP contribution is -2.46. The minimum absolute atomic E-state index is 0.0690. The summed E-state index contributed by atoms with van der Waals surface area (Å²) < 4.78 is 0. The predicted molar refractivity (Wildman–Crippen MR) is 85.9 cm³/mol. The molecular weight excluding hydrogens is 244 g/mol. The van der Waals surface area contributed by atoms with E-state index in [0.717, 1.165) is 12.8 Å². The molecule has 2 aliphatic carbocycles. The summed E-state index contributed by atoms with van der Waals surface area (Å²) in [5.41, 5.74) is 0.138. The van der Waals surface area contributed by atoms with Crippen LogP contribution in [0.25, 0.3) is 0 Å². The van der Waals surface area contributed by atoms with Crippen LogP contribution in [0.2, 0.25) is 0 Å². The largest absolute Gasteiger partial charge is 0.298 e. The van der Waals surface area contributed by atoms with Gasteiger partial charge in [0.25, 0.3) is 0 Å². The molecule has 0 aliphatic heterocycles. The Bertz CT molecular complexity index is 265. The van der Waals surface area contributed by atoms with Gasteiger partial charge in [0.15, 0.2) is 0 Å². The summed E-state index contributed by atoms with van der Waals surface area (Å²) in [6.07, 6.45) is 17.2. The maximum Gasteiger partial charge on any atom is 0.145 e. The molecule has 20 heavy (non-hydrogen) atoms. The minimum atomic E-state index is 0.0690. The number of hydrogen-bond donors (Lipinski definition) is 0. The second-order valence-electron chi connectivity index (χ2n) is 7.51. The monoisotopic (exact) mass is 278 g/mol. The highest BCUT2D eigenvalue weighted by atomic mass is 16.1. The molecule has 0 heterocycles. The van der Waals surface area contributed by atoms with Crippen molar-refractivity contribution in [2.24, 2.45) is 10.8 Å². The number of rotatable bonds is 6. The van der Waals surface area contributed by atoms with Crippen molar-refractivity contribution in [3.05, 3.63) is 0 Å². The third-order valence-electron chi connectivity index (χ3n) is 6.04. The fourth-order valence-corrected chi connectivity index (χ4v) is 5.16. The zero-order valence-electron chi connectivity index (χ0n) is 13.8. The van der Waals surface area contributed by atoms with E-state index in [1.165, 1.54) is 77.0 Å². The van der Waals surface area contributed by atoms with Crippen LogP contribution in [-0.4, -0.2) is 5.78 Å². The first-order valence-corrected chi connectivity index (χ1v) is 9.24. The topological polar surface area (TPSA) is 17.1 Å². The lowest BCUT2D eigenvalue weighted by atomic mass is 9.57. The van der Waals surface area contributed by atoms with Crippen molar-refractivity contribution in [3.8, 4) is 0 Å². The number of hydrogen-bond acceptors (Lipinski definition) is 1. The predicted octanol–water partition coefficient (Wildman–Crippen LogP) is 6.06. The molecule has 0 aromatic heterocycles. The molecule has 116 valence electrons. The van der Waals surface area contributed by atoms with Crippen LogP contribution in [0.15, 0.2) is 0 Å². The summed E-state index contributed by atoms with van der Waals surface area (Å²) in [7, 11) is 0. The highest BCUT2D eigenvalue weighted by Crippen LogP contribution is 2.51. The molecule has 0 aromatic carbocycles. The summed E-state index contributed by atoms with van der Waals surface area (Å²) in [5, 5.41) is 0. The Morgan fingerprint density at radius 3 is 1.35 bits per heavy atom. The zero-order valence-corrected chi connectivity index (χ0v) is 13.8. The van der Waals surface area contributed by atoms with Gasteiger partial charge in [-0.15, -0.1) is 0 Å². The van der Waals surface area contributed by atoms with E-state index in [2.05, 4.69) is 13.8 Å². The Hall–Kier alpha value is -0.330. The van der Waals surface area contributed by atoms with E-state index in [0.29, 0.717) is 5.78 Å². The van der Waals surface area contributed by atoms with Gasteiger partial charge in [-0.1, -0.05) is 65.2 Å². The first kappa shape index (κ1) is 16.0. The van der Waals surface area contributed by atoms with Gasteiger partial charge in [-0.25, -0.2) is 0 Å². The average Bonchev–Trinajstić information content (AvgIpc) is 2.49. The van der Waals surface area contributed by atoms with Crippen LogP contribution >= 0.6 is 0 Å². The fraction of sp³-hybridized carbons (Fsp3) is 0.947. The van der Waals surface area contributed by atoms with Gasteiger partial charge in [0.1, 0.15) is 5.78 Å². The molecular formula is C19H34O. The Morgan fingerprint density at radius 2 is 1.05 bits per heavy atom. The summed E-state index contributed by atoms with van der Waals surface area (Å²) in [5.74, 6) is 0.702. The van der Waals surface area contributed by atoms with Crippen molar-refractivity contribution in [2.45, 2.75) is 104 Å².